The van der Waals surface area contributed by atoms with E-state index < -0.39 is 12.1 Å². The number of thiazole rings is 2. The van der Waals surface area contributed by atoms with Crippen molar-refractivity contribution < 1.29 is 0 Å². The van der Waals surface area contributed by atoms with Crippen LogP contribution in [0.5, 0.6) is 0 Å². The summed E-state index contributed by atoms with van der Waals surface area (Å²) in [7, 11) is 0. The molecular formula is C40H22Cl8N4S4. The normalized spacial score (nSPS) is 12.7. The van der Waals surface area contributed by atoms with E-state index >= 15 is 0 Å². The van der Waals surface area contributed by atoms with E-state index in [-0.39, 0.29) is 0 Å². The average molecular weight is 971 g/mol. The molecule has 2 unspecified atom stereocenters. The van der Waals surface area contributed by atoms with Crippen LogP contribution in [0.15, 0.2) is 107 Å². The largest absolute Gasteiger partial charge is 0.375 e. The second-order valence-electron chi connectivity index (χ2n) is 12.7. The van der Waals surface area contributed by atoms with Gasteiger partial charge in [0.25, 0.3) is 0 Å². The van der Waals surface area contributed by atoms with Gasteiger partial charge in [0.05, 0.1) is 32.5 Å². The lowest BCUT2D eigenvalue weighted by Crippen LogP contribution is -2.26. The number of thiol groups is 2. The highest BCUT2D eigenvalue weighted by Gasteiger charge is 2.29. The number of rotatable bonds is 9. The summed E-state index contributed by atoms with van der Waals surface area (Å²) in [6, 6.07) is 28.4. The molecule has 4 nitrogen and oxygen atoms in total. The molecule has 0 saturated heterocycles. The number of aromatic nitrogens is 2. The third-order valence-corrected chi connectivity index (χ3v) is 13.3. The van der Waals surface area contributed by atoms with E-state index in [2.05, 4.69) is 10.6 Å². The Hall–Kier alpha value is -2.28. The number of nitrogens with one attached hydrogen (secondary N) is 2. The predicted octanol–water partition coefficient (Wildman–Crippen LogP) is 17.1. The topological polar surface area (TPSA) is 49.8 Å². The number of fused-ring (bicyclic) bond motifs is 2. The zero-order valence-electron chi connectivity index (χ0n) is 28.0. The van der Waals surface area contributed by atoms with E-state index in [9.17, 15) is 0 Å². The van der Waals surface area contributed by atoms with E-state index in [1.54, 1.807) is 24.3 Å². The van der Waals surface area contributed by atoms with Crippen molar-refractivity contribution in [3.05, 3.63) is 148 Å². The summed E-state index contributed by atoms with van der Waals surface area (Å²) < 4.78 is 1.83. The van der Waals surface area contributed by atoms with Gasteiger partial charge in [-0.15, -0.1) is 47.9 Å². The Balaban J connectivity index is 1.25. The lowest BCUT2D eigenvalue weighted by Gasteiger charge is -2.32. The van der Waals surface area contributed by atoms with Crippen LogP contribution < -0.4 is 10.6 Å². The van der Waals surface area contributed by atoms with Gasteiger partial charge in [-0.25, -0.2) is 9.97 Å². The maximum absolute atomic E-state index is 6.66. The van der Waals surface area contributed by atoms with Crippen LogP contribution in [0, 0.1) is 0 Å². The van der Waals surface area contributed by atoms with E-state index in [0.717, 1.165) is 64.1 Å². The lowest BCUT2D eigenvalue weighted by molar-refractivity contribution is 0.647. The molecule has 0 fully saturated rings. The van der Waals surface area contributed by atoms with Crippen LogP contribution in [0.3, 0.4) is 0 Å². The fourth-order valence-electron chi connectivity index (χ4n) is 6.32. The van der Waals surface area contributed by atoms with Crippen molar-refractivity contribution in [3.8, 4) is 21.1 Å². The van der Waals surface area contributed by atoms with Gasteiger partial charge in [0.2, 0.25) is 0 Å². The van der Waals surface area contributed by atoms with E-state index in [1.807, 2.05) is 72.8 Å². The Kier molecular flexibility index (Phi) is 12.1. The molecule has 0 aliphatic rings. The van der Waals surface area contributed by atoms with Gasteiger partial charge in [-0.3, -0.25) is 0 Å². The number of anilines is 2. The average Bonchev–Trinajstić information content (AvgIpc) is 3.71. The first-order chi connectivity index (χ1) is 26.7. The predicted molar refractivity (Wildman–Crippen MR) is 250 cm³/mol. The third kappa shape index (κ3) is 8.98. The molecule has 0 saturated carbocycles. The van der Waals surface area contributed by atoms with Crippen molar-refractivity contribution in [2.45, 2.75) is 21.9 Å². The quantitative estimate of drug-likeness (QED) is 0.109. The summed E-state index contributed by atoms with van der Waals surface area (Å²) in [5, 5.41) is 13.0. The first-order valence-electron chi connectivity index (χ1n) is 16.4. The SMILES string of the molecule is Sc1cc2nc(-c3cc(Cl)cc(Cl)c3)sc2cc1NC(c1cc(Cl)cc(Cl)c1)C(Nc1cc2sc(-c3cc(Cl)cc(Cl)c3)nc2cc1S)c1cc(Cl)cc(Cl)c1. The van der Waals surface area contributed by atoms with Gasteiger partial charge in [0, 0.05) is 72.5 Å². The number of hydrogen-bond donors (Lipinski definition) is 4. The molecule has 0 aliphatic heterocycles. The molecule has 0 amide bonds. The Morgan fingerprint density at radius 2 is 0.714 bits per heavy atom. The van der Waals surface area contributed by atoms with Crippen LogP contribution in [0.1, 0.15) is 23.2 Å². The van der Waals surface area contributed by atoms with Crippen molar-refractivity contribution >= 4 is 173 Å². The fourth-order valence-corrected chi connectivity index (χ4v) is 10.9. The molecule has 8 rings (SSSR count). The summed E-state index contributed by atoms with van der Waals surface area (Å²) in [5.41, 5.74) is 6.20. The summed E-state index contributed by atoms with van der Waals surface area (Å²) >= 11 is 64.9. The number of benzene rings is 6. The maximum atomic E-state index is 6.66. The van der Waals surface area contributed by atoms with Crippen molar-refractivity contribution in [1.29, 1.82) is 0 Å². The van der Waals surface area contributed by atoms with E-state index in [1.165, 1.54) is 22.7 Å². The molecule has 8 aromatic rings. The molecule has 2 aromatic heterocycles. The van der Waals surface area contributed by atoms with Crippen LogP contribution in [-0.4, -0.2) is 9.97 Å². The maximum Gasteiger partial charge on any atom is 0.124 e. The molecule has 6 aromatic carbocycles. The molecule has 0 spiro atoms. The van der Waals surface area contributed by atoms with E-state index in [4.69, 9.17) is 128 Å². The molecule has 0 radical (unpaired) electrons. The van der Waals surface area contributed by atoms with Crippen LogP contribution in [0.2, 0.25) is 40.2 Å². The Morgan fingerprint density at radius 3 is 1.04 bits per heavy atom. The molecule has 56 heavy (non-hydrogen) atoms. The van der Waals surface area contributed by atoms with Crippen molar-refractivity contribution in [2.75, 3.05) is 10.6 Å². The molecule has 2 atom stereocenters. The minimum absolute atomic E-state index is 0.464. The minimum Gasteiger partial charge on any atom is -0.375 e. The Bertz CT molecular complexity index is 2560. The molecule has 2 heterocycles. The summed E-state index contributed by atoms with van der Waals surface area (Å²) in [6.45, 7) is 0. The van der Waals surface area contributed by atoms with Crippen LogP contribution >= 0.6 is 141 Å². The van der Waals surface area contributed by atoms with Crippen LogP contribution in [0.4, 0.5) is 11.4 Å². The zero-order chi connectivity index (χ0) is 39.4. The van der Waals surface area contributed by atoms with Crippen molar-refractivity contribution in [2.24, 2.45) is 0 Å². The van der Waals surface area contributed by atoms with Gasteiger partial charge in [-0.1, -0.05) is 92.8 Å². The van der Waals surface area contributed by atoms with Crippen LogP contribution in [-0.2, 0) is 0 Å². The van der Waals surface area contributed by atoms with Crippen LogP contribution in [0.25, 0.3) is 41.6 Å². The molecule has 0 bridgehead atoms. The second-order valence-corrected chi connectivity index (χ2v) is 19.2. The lowest BCUT2D eigenvalue weighted by atomic mass is 9.92. The fraction of sp³-hybridized carbons (Fsp3) is 0.0500. The summed E-state index contributed by atoms with van der Waals surface area (Å²) in [4.78, 5) is 11.1. The first-order valence-corrected chi connectivity index (χ1v) is 21.9. The minimum atomic E-state index is -0.544. The van der Waals surface area contributed by atoms with Gasteiger partial charge < -0.3 is 10.6 Å². The highest BCUT2D eigenvalue weighted by atomic mass is 35.5. The van der Waals surface area contributed by atoms with Crippen molar-refractivity contribution in [3.63, 3.8) is 0 Å². The second kappa shape index (κ2) is 16.8. The summed E-state index contributed by atoms with van der Waals surface area (Å²) in [6.07, 6.45) is 0. The standard InChI is InChI=1S/C40H22Cl8N4S4/c41-21-1-17(2-22(42)9-21)37(49-29-15-35-31(13-33(29)53)51-39(55-35)19-5-25(45)11-26(46)6-19)38(18-3-23(43)10-24(44)4-18)50-30-16-36-32(14-34(30)54)52-40(56-36)20-7-27(47)12-28(48)8-20/h1-16,37-38,49-50,53-54H. The first kappa shape index (κ1) is 40.5. The summed E-state index contributed by atoms with van der Waals surface area (Å²) in [5.74, 6) is 0. The van der Waals surface area contributed by atoms with Gasteiger partial charge in [0.1, 0.15) is 10.0 Å². The number of hydrogen-bond acceptors (Lipinski definition) is 8. The monoisotopic (exact) mass is 966 g/mol. The van der Waals surface area contributed by atoms with Crippen molar-refractivity contribution in [1.82, 2.24) is 9.97 Å². The molecular weight excluding hydrogens is 948 g/mol. The molecule has 2 N–H and O–H groups in total. The Morgan fingerprint density at radius 1 is 0.411 bits per heavy atom. The molecule has 16 heteroatoms. The highest BCUT2D eigenvalue weighted by molar-refractivity contribution is 7.80. The van der Waals surface area contributed by atoms with Gasteiger partial charge in [-0.05, 0) is 108 Å². The zero-order valence-corrected chi connectivity index (χ0v) is 37.5. The van der Waals surface area contributed by atoms with Gasteiger partial charge >= 0.3 is 0 Å². The van der Waals surface area contributed by atoms with E-state index in [0.29, 0.717) is 50.0 Å². The third-order valence-electron chi connectivity index (χ3n) is 8.67. The van der Waals surface area contributed by atoms with Gasteiger partial charge in [0.15, 0.2) is 0 Å². The highest BCUT2D eigenvalue weighted by Crippen LogP contribution is 2.44. The number of nitrogens with zero attached hydrogens (tertiary/aromatic N) is 2. The smallest absolute Gasteiger partial charge is 0.124 e. The molecule has 0 aliphatic carbocycles. The number of halogens is 8. The Labute approximate surface area is 380 Å². The molecule has 282 valence electrons. The van der Waals surface area contributed by atoms with Gasteiger partial charge in [-0.2, -0.15) is 0 Å².